The maximum absolute atomic E-state index is 12.6. The zero-order valence-corrected chi connectivity index (χ0v) is 20.1. The van der Waals surface area contributed by atoms with Crippen molar-refractivity contribution in [3.05, 3.63) is 59.7 Å². The van der Waals surface area contributed by atoms with Crippen LogP contribution >= 0.6 is 0 Å². The van der Waals surface area contributed by atoms with Gasteiger partial charge in [-0.3, -0.25) is 0 Å². The monoisotopic (exact) mass is 468 g/mol. The van der Waals surface area contributed by atoms with Crippen LogP contribution in [0.1, 0.15) is 80.5 Å². The predicted molar refractivity (Wildman–Crippen MR) is 129 cm³/mol. The molecule has 0 aromatic heterocycles. The summed E-state index contributed by atoms with van der Waals surface area (Å²) in [5, 5.41) is 0. The van der Waals surface area contributed by atoms with Crippen LogP contribution in [0, 0.1) is 0 Å². The average molecular weight is 469 g/mol. The van der Waals surface area contributed by atoms with E-state index in [4.69, 9.17) is 23.7 Å². The van der Waals surface area contributed by atoms with Crippen LogP contribution in [0.3, 0.4) is 0 Å². The van der Waals surface area contributed by atoms with Gasteiger partial charge in [-0.2, -0.15) is 0 Å². The Bertz CT molecular complexity index is 879. The first-order chi connectivity index (χ1) is 16.7. The van der Waals surface area contributed by atoms with Crippen LogP contribution in [0.2, 0.25) is 0 Å². The Balaban J connectivity index is 1.21. The lowest BCUT2D eigenvalue weighted by atomic mass is 10.0. The Hall–Kier alpha value is -2.41. The lowest BCUT2D eigenvalue weighted by Gasteiger charge is -2.39. The van der Waals surface area contributed by atoms with E-state index in [1.165, 1.54) is 32.1 Å². The predicted octanol–water partition coefficient (Wildman–Crippen LogP) is 6.24. The fraction of sp³-hybridized carbons (Fsp3) is 0.536. The fourth-order valence-electron chi connectivity index (χ4n) is 4.30. The molecule has 0 unspecified atom stereocenters. The van der Waals surface area contributed by atoms with Crippen LogP contribution in [-0.4, -0.2) is 38.0 Å². The number of rotatable bonds is 11. The van der Waals surface area contributed by atoms with Gasteiger partial charge in [0.05, 0.1) is 24.9 Å². The topological polar surface area (TPSA) is 63.2 Å². The number of hydrogen-bond donors (Lipinski definition) is 0. The molecule has 2 aromatic carbocycles. The van der Waals surface area contributed by atoms with Crippen molar-refractivity contribution in [2.75, 3.05) is 19.8 Å². The second-order valence-corrected chi connectivity index (χ2v) is 8.99. The minimum Gasteiger partial charge on any atom is -0.494 e. The van der Waals surface area contributed by atoms with Gasteiger partial charge in [0.25, 0.3) is 0 Å². The maximum Gasteiger partial charge on any atom is 0.343 e. The molecule has 184 valence electrons. The molecular formula is C28H36O6. The highest BCUT2D eigenvalue weighted by Crippen LogP contribution is 2.32. The number of hydrogen-bond acceptors (Lipinski definition) is 6. The van der Waals surface area contributed by atoms with Gasteiger partial charge in [-0.1, -0.05) is 51.2 Å². The molecule has 3 atom stereocenters. The van der Waals surface area contributed by atoms with Gasteiger partial charge in [0.2, 0.25) is 0 Å². The fourth-order valence-corrected chi connectivity index (χ4v) is 4.30. The maximum atomic E-state index is 12.6. The summed E-state index contributed by atoms with van der Waals surface area (Å²) in [6.45, 7) is 4.23. The molecule has 2 aromatic rings. The van der Waals surface area contributed by atoms with Gasteiger partial charge in [0.1, 0.15) is 17.6 Å². The number of carbonyl (C=O) groups is 1. The third-order valence-electron chi connectivity index (χ3n) is 6.31. The second kappa shape index (κ2) is 12.9. The highest BCUT2D eigenvalue weighted by Gasteiger charge is 2.35. The van der Waals surface area contributed by atoms with E-state index in [1.54, 1.807) is 24.3 Å². The smallest absolute Gasteiger partial charge is 0.343 e. The third-order valence-corrected chi connectivity index (χ3v) is 6.31. The Labute approximate surface area is 202 Å². The number of esters is 1. The Kier molecular flexibility index (Phi) is 9.36. The molecule has 0 bridgehead atoms. The molecule has 6 heteroatoms. The minimum absolute atomic E-state index is 0.0200. The van der Waals surface area contributed by atoms with Gasteiger partial charge in [0.15, 0.2) is 6.29 Å². The number of carbonyl (C=O) groups excluding carboxylic acids is 1. The quantitative estimate of drug-likeness (QED) is 0.221. The molecule has 0 saturated carbocycles. The van der Waals surface area contributed by atoms with Crippen molar-refractivity contribution in [3.63, 3.8) is 0 Å². The van der Waals surface area contributed by atoms with Crippen molar-refractivity contribution in [1.82, 2.24) is 0 Å². The molecule has 0 amide bonds. The number of fused-ring (bicyclic) bond motifs is 1. The van der Waals surface area contributed by atoms with Crippen LogP contribution in [-0.2, 0) is 14.2 Å². The molecule has 0 N–H and O–H groups in total. The van der Waals surface area contributed by atoms with E-state index in [0.29, 0.717) is 24.5 Å². The number of unbranched alkanes of at least 4 members (excludes halogenated alkanes) is 5. The van der Waals surface area contributed by atoms with Crippen LogP contribution in [0.5, 0.6) is 11.5 Å². The summed E-state index contributed by atoms with van der Waals surface area (Å²) in [4.78, 5) is 12.6. The average Bonchev–Trinajstić information content (AvgIpc) is 2.89. The molecule has 6 nitrogen and oxygen atoms in total. The first kappa shape index (κ1) is 24.7. The molecule has 0 radical (unpaired) electrons. The molecule has 2 fully saturated rings. The molecule has 2 aliphatic heterocycles. The summed E-state index contributed by atoms with van der Waals surface area (Å²) in [5.74, 6) is 0.873. The van der Waals surface area contributed by atoms with Gasteiger partial charge >= 0.3 is 5.97 Å². The first-order valence-corrected chi connectivity index (χ1v) is 12.7. The van der Waals surface area contributed by atoms with Crippen molar-refractivity contribution in [3.8, 4) is 11.5 Å². The Morgan fingerprint density at radius 3 is 2.41 bits per heavy atom. The minimum atomic E-state index is -0.433. The second-order valence-electron chi connectivity index (χ2n) is 8.99. The highest BCUT2D eigenvalue weighted by molar-refractivity contribution is 5.91. The van der Waals surface area contributed by atoms with E-state index in [2.05, 4.69) is 6.92 Å². The molecule has 2 aliphatic rings. The van der Waals surface area contributed by atoms with E-state index in [9.17, 15) is 4.79 Å². The molecule has 0 spiro atoms. The van der Waals surface area contributed by atoms with Crippen molar-refractivity contribution in [2.45, 2.75) is 76.8 Å². The summed E-state index contributed by atoms with van der Waals surface area (Å²) in [6, 6.07) is 14.4. The molecule has 4 rings (SSSR count). The van der Waals surface area contributed by atoms with E-state index in [0.717, 1.165) is 37.2 Å². The molecule has 2 saturated heterocycles. The summed E-state index contributed by atoms with van der Waals surface area (Å²) in [5.41, 5.74) is 1.36. The van der Waals surface area contributed by atoms with Crippen LogP contribution < -0.4 is 9.47 Å². The Morgan fingerprint density at radius 1 is 0.882 bits per heavy atom. The van der Waals surface area contributed by atoms with Gasteiger partial charge in [0, 0.05) is 12.2 Å². The van der Waals surface area contributed by atoms with E-state index in [-0.39, 0.29) is 12.2 Å². The van der Waals surface area contributed by atoms with Crippen molar-refractivity contribution in [2.24, 2.45) is 0 Å². The molecule has 0 aliphatic carbocycles. The highest BCUT2D eigenvalue weighted by atomic mass is 16.7. The third kappa shape index (κ3) is 7.05. The van der Waals surface area contributed by atoms with Gasteiger partial charge < -0.3 is 23.7 Å². The molecule has 34 heavy (non-hydrogen) atoms. The van der Waals surface area contributed by atoms with Gasteiger partial charge in [-0.25, -0.2) is 4.79 Å². The molecular weight excluding hydrogens is 432 g/mol. The van der Waals surface area contributed by atoms with Gasteiger partial charge in [-0.15, -0.1) is 0 Å². The largest absolute Gasteiger partial charge is 0.494 e. The lowest BCUT2D eigenvalue weighted by molar-refractivity contribution is -0.277. The zero-order valence-electron chi connectivity index (χ0n) is 20.1. The summed E-state index contributed by atoms with van der Waals surface area (Å²) < 4.78 is 28.9. The van der Waals surface area contributed by atoms with E-state index < -0.39 is 12.3 Å². The van der Waals surface area contributed by atoms with Crippen LogP contribution in [0.25, 0.3) is 0 Å². The summed E-state index contributed by atoms with van der Waals surface area (Å²) in [7, 11) is 0. The SMILES string of the molecule is CCCCCCCCOc1ccc(OC(=O)c2ccc([C@@H]3OC[C@H]4OCCC[C@@H]4O3)cc2)cc1. The van der Waals surface area contributed by atoms with Crippen LogP contribution in [0.15, 0.2) is 48.5 Å². The lowest BCUT2D eigenvalue weighted by Crippen LogP contribution is -2.44. The van der Waals surface area contributed by atoms with Crippen molar-refractivity contribution in [1.29, 1.82) is 0 Å². The normalized spacial score (nSPS) is 22.1. The number of ether oxygens (including phenoxy) is 5. The van der Waals surface area contributed by atoms with Crippen molar-refractivity contribution >= 4 is 5.97 Å². The zero-order chi connectivity index (χ0) is 23.6. The summed E-state index contributed by atoms with van der Waals surface area (Å²) >= 11 is 0. The van der Waals surface area contributed by atoms with Gasteiger partial charge in [-0.05, 0) is 55.7 Å². The number of benzene rings is 2. The van der Waals surface area contributed by atoms with Crippen molar-refractivity contribution < 1.29 is 28.5 Å². The van der Waals surface area contributed by atoms with E-state index >= 15 is 0 Å². The Morgan fingerprint density at radius 2 is 1.62 bits per heavy atom. The van der Waals surface area contributed by atoms with E-state index in [1.807, 2.05) is 24.3 Å². The summed E-state index contributed by atoms with van der Waals surface area (Å²) in [6.07, 6.45) is 9.04. The standard InChI is InChI=1S/C28H36O6/c1-2-3-4-5-6-7-18-30-23-14-16-24(17-15-23)33-27(29)21-10-12-22(13-11-21)28-32-20-26-25(34-28)9-8-19-31-26/h10-17,25-26,28H,2-9,18-20H2,1H3/t25-,26+,28+/m0/s1. The van der Waals surface area contributed by atoms with Crippen LogP contribution in [0.4, 0.5) is 0 Å². The molecule has 2 heterocycles. The first-order valence-electron chi connectivity index (χ1n) is 12.7.